The molecular formula is C21H25F3N4O2. The van der Waals surface area contributed by atoms with Gasteiger partial charge in [-0.05, 0) is 37.6 Å². The Morgan fingerprint density at radius 2 is 1.83 bits per heavy atom. The number of nitrogens with zero attached hydrogens (tertiary/aromatic N) is 1. The number of hydrogen-bond donors (Lipinski definition) is 3. The van der Waals surface area contributed by atoms with E-state index in [0.717, 1.165) is 5.56 Å². The van der Waals surface area contributed by atoms with Gasteiger partial charge < -0.3 is 20.7 Å². The average molecular weight is 422 g/mol. The normalized spacial score (nSPS) is 11.7. The molecule has 9 heteroatoms. The number of aliphatic imine (C=N–C) groups is 1. The Balaban J connectivity index is 2.00. The topological polar surface area (TPSA) is 74.8 Å². The van der Waals surface area contributed by atoms with Crippen molar-refractivity contribution in [1.29, 1.82) is 0 Å². The molecule has 30 heavy (non-hydrogen) atoms. The molecule has 1 amide bonds. The molecule has 0 saturated carbocycles. The predicted molar refractivity (Wildman–Crippen MR) is 111 cm³/mol. The number of benzene rings is 2. The van der Waals surface area contributed by atoms with Gasteiger partial charge in [0.25, 0.3) is 0 Å². The van der Waals surface area contributed by atoms with Crippen molar-refractivity contribution in [1.82, 2.24) is 10.6 Å². The zero-order valence-corrected chi connectivity index (χ0v) is 16.8. The minimum absolute atomic E-state index is 0.0218. The van der Waals surface area contributed by atoms with Crippen molar-refractivity contribution in [3.63, 3.8) is 0 Å². The molecule has 0 bridgehead atoms. The van der Waals surface area contributed by atoms with Gasteiger partial charge in [-0.2, -0.15) is 13.2 Å². The summed E-state index contributed by atoms with van der Waals surface area (Å²) in [5.74, 6) is 0.244. The van der Waals surface area contributed by atoms with Gasteiger partial charge in [-0.3, -0.25) is 4.79 Å². The van der Waals surface area contributed by atoms with E-state index in [1.54, 1.807) is 37.3 Å². The highest BCUT2D eigenvalue weighted by Crippen LogP contribution is 2.24. The first-order valence-corrected chi connectivity index (χ1v) is 9.43. The number of ether oxygens (including phenoxy) is 1. The first kappa shape index (κ1) is 23.1. The molecule has 0 unspecified atom stereocenters. The van der Waals surface area contributed by atoms with E-state index in [-0.39, 0.29) is 24.7 Å². The standard InChI is InChI=1S/C21H25F3N4O2/c1-3-25-20(27-13-19(29)28-17-7-5-4-6-8-17)26-12-16-10-9-15(2)11-18(16)30-14-21(22,23)24/h4-11H,3,12-14H2,1-2H3,(H,28,29)(H2,25,26,27). The Bertz CT molecular complexity index is 855. The molecule has 0 fully saturated rings. The van der Waals surface area contributed by atoms with Crippen LogP contribution in [0.5, 0.6) is 5.75 Å². The molecule has 6 nitrogen and oxygen atoms in total. The number of halogens is 3. The summed E-state index contributed by atoms with van der Waals surface area (Å²) in [7, 11) is 0. The highest BCUT2D eigenvalue weighted by atomic mass is 19.4. The largest absolute Gasteiger partial charge is 0.484 e. The highest BCUT2D eigenvalue weighted by Gasteiger charge is 2.28. The second-order valence-electron chi connectivity index (χ2n) is 6.48. The van der Waals surface area contributed by atoms with Crippen molar-refractivity contribution in [3.05, 3.63) is 59.7 Å². The van der Waals surface area contributed by atoms with E-state index in [1.165, 1.54) is 0 Å². The minimum atomic E-state index is -4.42. The number of alkyl halides is 3. The van der Waals surface area contributed by atoms with E-state index in [0.29, 0.717) is 23.8 Å². The number of anilines is 1. The Labute approximate surface area is 173 Å². The lowest BCUT2D eigenvalue weighted by Crippen LogP contribution is -2.41. The third kappa shape index (κ3) is 8.42. The Hall–Kier alpha value is -3.23. The van der Waals surface area contributed by atoms with Crippen LogP contribution >= 0.6 is 0 Å². The van der Waals surface area contributed by atoms with Gasteiger partial charge in [0, 0.05) is 17.8 Å². The molecule has 2 rings (SSSR count). The van der Waals surface area contributed by atoms with Crippen molar-refractivity contribution in [3.8, 4) is 5.75 Å². The number of nitrogens with one attached hydrogen (secondary N) is 3. The van der Waals surface area contributed by atoms with E-state index in [1.807, 2.05) is 25.1 Å². The molecule has 2 aromatic rings. The van der Waals surface area contributed by atoms with Crippen LogP contribution in [-0.2, 0) is 11.3 Å². The van der Waals surface area contributed by atoms with Gasteiger partial charge in [-0.25, -0.2) is 4.99 Å². The number of carbonyl (C=O) groups excluding carboxylic acids is 1. The van der Waals surface area contributed by atoms with Crippen molar-refractivity contribution >= 4 is 17.6 Å². The van der Waals surface area contributed by atoms with Gasteiger partial charge in [-0.1, -0.05) is 30.3 Å². The van der Waals surface area contributed by atoms with Crippen molar-refractivity contribution < 1.29 is 22.7 Å². The van der Waals surface area contributed by atoms with E-state index in [2.05, 4.69) is 20.9 Å². The average Bonchev–Trinajstić information content (AvgIpc) is 2.69. The fourth-order valence-corrected chi connectivity index (χ4v) is 2.48. The smallest absolute Gasteiger partial charge is 0.422 e. The van der Waals surface area contributed by atoms with E-state index < -0.39 is 12.8 Å². The lowest BCUT2D eigenvalue weighted by Gasteiger charge is -2.14. The predicted octanol–water partition coefficient (Wildman–Crippen LogP) is 3.63. The SMILES string of the molecule is CCNC(=NCc1ccc(C)cc1OCC(F)(F)F)NCC(=O)Nc1ccccc1. The van der Waals surface area contributed by atoms with Crippen LogP contribution in [0, 0.1) is 6.92 Å². The number of aryl methyl sites for hydroxylation is 1. The Kier molecular flexibility index (Phi) is 8.52. The molecular weight excluding hydrogens is 397 g/mol. The van der Waals surface area contributed by atoms with Crippen molar-refractivity contribution in [2.75, 3.05) is 25.0 Å². The second-order valence-corrected chi connectivity index (χ2v) is 6.48. The number of rotatable bonds is 8. The second kappa shape index (κ2) is 11.1. The molecule has 0 aliphatic carbocycles. The molecule has 0 aromatic heterocycles. The van der Waals surface area contributed by atoms with Crippen LogP contribution < -0.4 is 20.7 Å². The molecule has 3 N–H and O–H groups in total. The Morgan fingerprint density at radius 3 is 2.50 bits per heavy atom. The summed E-state index contributed by atoms with van der Waals surface area (Å²) >= 11 is 0. The third-order valence-corrected chi connectivity index (χ3v) is 3.84. The summed E-state index contributed by atoms with van der Waals surface area (Å²) in [6.45, 7) is 2.88. The van der Waals surface area contributed by atoms with Crippen LogP contribution in [-0.4, -0.2) is 37.7 Å². The maximum atomic E-state index is 12.5. The molecule has 2 aromatic carbocycles. The number of para-hydroxylation sites is 1. The van der Waals surface area contributed by atoms with Crippen LogP contribution in [0.4, 0.5) is 18.9 Å². The number of carbonyl (C=O) groups is 1. The summed E-state index contributed by atoms with van der Waals surface area (Å²) in [5.41, 5.74) is 1.97. The quantitative estimate of drug-likeness (QED) is 0.449. The molecule has 0 spiro atoms. The Morgan fingerprint density at radius 1 is 1.10 bits per heavy atom. The first-order valence-electron chi connectivity index (χ1n) is 9.43. The fraction of sp³-hybridized carbons (Fsp3) is 0.333. The lowest BCUT2D eigenvalue weighted by molar-refractivity contribution is -0.153. The van der Waals surface area contributed by atoms with E-state index in [4.69, 9.17) is 4.74 Å². The molecule has 0 heterocycles. The van der Waals surface area contributed by atoms with E-state index in [9.17, 15) is 18.0 Å². The molecule has 0 aliphatic rings. The van der Waals surface area contributed by atoms with Gasteiger partial charge in [0.15, 0.2) is 12.6 Å². The molecule has 0 radical (unpaired) electrons. The monoisotopic (exact) mass is 422 g/mol. The number of guanidine groups is 1. The molecule has 162 valence electrons. The van der Waals surface area contributed by atoms with Gasteiger partial charge in [-0.15, -0.1) is 0 Å². The molecule has 0 aliphatic heterocycles. The summed E-state index contributed by atoms with van der Waals surface area (Å²) in [6.07, 6.45) is -4.42. The van der Waals surface area contributed by atoms with Crippen LogP contribution in [0.1, 0.15) is 18.1 Å². The van der Waals surface area contributed by atoms with Crippen LogP contribution in [0.25, 0.3) is 0 Å². The summed E-state index contributed by atoms with van der Waals surface area (Å²) in [6, 6.07) is 14.0. The highest BCUT2D eigenvalue weighted by molar-refractivity contribution is 5.94. The zero-order valence-electron chi connectivity index (χ0n) is 16.8. The summed E-state index contributed by atoms with van der Waals surface area (Å²) < 4.78 is 42.5. The molecule has 0 atom stereocenters. The van der Waals surface area contributed by atoms with Gasteiger partial charge >= 0.3 is 6.18 Å². The van der Waals surface area contributed by atoms with Crippen molar-refractivity contribution in [2.24, 2.45) is 4.99 Å². The number of hydrogen-bond acceptors (Lipinski definition) is 3. The fourth-order valence-electron chi connectivity index (χ4n) is 2.48. The van der Waals surface area contributed by atoms with E-state index >= 15 is 0 Å². The first-order chi connectivity index (χ1) is 14.3. The van der Waals surface area contributed by atoms with Crippen LogP contribution in [0.15, 0.2) is 53.5 Å². The van der Waals surface area contributed by atoms with Crippen molar-refractivity contribution in [2.45, 2.75) is 26.6 Å². The third-order valence-electron chi connectivity index (χ3n) is 3.84. The maximum Gasteiger partial charge on any atom is 0.422 e. The minimum Gasteiger partial charge on any atom is -0.484 e. The van der Waals surface area contributed by atoms with Gasteiger partial charge in [0.05, 0.1) is 13.1 Å². The van der Waals surface area contributed by atoms with Crippen LogP contribution in [0.3, 0.4) is 0 Å². The van der Waals surface area contributed by atoms with Gasteiger partial charge in [0.1, 0.15) is 5.75 Å². The van der Waals surface area contributed by atoms with Crippen LogP contribution in [0.2, 0.25) is 0 Å². The van der Waals surface area contributed by atoms with Gasteiger partial charge in [0.2, 0.25) is 5.91 Å². The molecule has 0 saturated heterocycles. The zero-order chi connectivity index (χ0) is 22.0. The number of amides is 1. The lowest BCUT2D eigenvalue weighted by atomic mass is 10.1. The summed E-state index contributed by atoms with van der Waals surface area (Å²) in [4.78, 5) is 16.4. The summed E-state index contributed by atoms with van der Waals surface area (Å²) in [5, 5.41) is 8.65. The maximum absolute atomic E-state index is 12.5.